The van der Waals surface area contributed by atoms with Gasteiger partial charge >= 0.3 is 0 Å². The number of aryl methyl sites for hydroxylation is 3. The lowest BCUT2D eigenvalue weighted by atomic mass is 10.1. The fraction of sp³-hybridized carbons (Fsp3) is 0.222. The summed E-state index contributed by atoms with van der Waals surface area (Å²) in [6.45, 7) is 7.97. The van der Waals surface area contributed by atoms with Crippen molar-refractivity contribution < 1.29 is 9.47 Å². The first-order valence-corrected chi connectivity index (χ1v) is 11.4. The summed E-state index contributed by atoms with van der Waals surface area (Å²) in [5.74, 6) is 2.43. The SMILES string of the molecule is Cc1ccc(-n2cc(COc3ccc4c(c3)OCCn3c-4nc4cc(C)c(C)cc43)nn2)cc1. The normalized spacial score (nSPS) is 12.7. The summed E-state index contributed by atoms with van der Waals surface area (Å²) in [7, 11) is 0. The molecular weight excluding hydrogens is 426 g/mol. The lowest BCUT2D eigenvalue weighted by Crippen LogP contribution is -2.05. The highest BCUT2D eigenvalue weighted by Crippen LogP contribution is 2.37. The van der Waals surface area contributed by atoms with E-state index < -0.39 is 0 Å². The Kier molecular flexibility index (Phi) is 4.83. The molecule has 6 rings (SSSR count). The highest BCUT2D eigenvalue weighted by atomic mass is 16.5. The third kappa shape index (κ3) is 3.59. The molecule has 7 heteroatoms. The van der Waals surface area contributed by atoms with Crippen LogP contribution in [-0.2, 0) is 13.2 Å². The maximum atomic E-state index is 6.08. The van der Waals surface area contributed by atoms with Crippen LogP contribution in [0.3, 0.4) is 0 Å². The van der Waals surface area contributed by atoms with Crippen LogP contribution in [0.25, 0.3) is 28.1 Å². The van der Waals surface area contributed by atoms with Crippen LogP contribution in [0.5, 0.6) is 11.5 Å². The molecule has 0 unspecified atom stereocenters. The second-order valence-corrected chi connectivity index (χ2v) is 8.80. The molecular formula is C27H25N5O2. The number of nitrogens with zero attached hydrogens (tertiary/aromatic N) is 5. The molecule has 1 aliphatic heterocycles. The largest absolute Gasteiger partial charge is 0.491 e. The Morgan fingerprint density at radius 2 is 1.79 bits per heavy atom. The van der Waals surface area contributed by atoms with Gasteiger partial charge < -0.3 is 14.0 Å². The predicted molar refractivity (Wildman–Crippen MR) is 131 cm³/mol. The number of imidazole rings is 1. The van der Waals surface area contributed by atoms with Crippen LogP contribution in [-0.4, -0.2) is 31.2 Å². The van der Waals surface area contributed by atoms with Gasteiger partial charge in [0.25, 0.3) is 0 Å². The lowest BCUT2D eigenvalue weighted by molar-refractivity contribution is 0.289. The van der Waals surface area contributed by atoms with Crippen molar-refractivity contribution in [3.8, 4) is 28.6 Å². The summed E-state index contributed by atoms with van der Waals surface area (Å²) in [6.07, 6.45) is 1.89. The molecule has 0 amide bonds. The molecule has 7 nitrogen and oxygen atoms in total. The van der Waals surface area contributed by atoms with Crippen molar-refractivity contribution >= 4 is 11.0 Å². The van der Waals surface area contributed by atoms with Crippen molar-refractivity contribution in [2.45, 2.75) is 33.9 Å². The second-order valence-electron chi connectivity index (χ2n) is 8.80. The number of ether oxygens (including phenoxy) is 2. The van der Waals surface area contributed by atoms with Crippen molar-refractivity contribution in [3.63, 3.8) is 0 Å². The number of rotatable bonds is 4. The summed E-state index contributed by atoms with van der Waals surface area (Å²) in [6, 6.07) is 18.4. The average Bonchev–Trinajstić information content (AvgIpc) is 3.39. The minimum absolute atomic E-state index is 0.321. The fourth-order valence-corrected chi connectivity index (χ4v) is 4.30. The Morgan fingerprint density at radius 1 is 0.971 bits per heavy atom. The standard InChI is InChI=1S/C27H25N5O2/c1-17-4-6-21(7-5-17)32-15-20(29-30-32)16-34-22-8-9-23-26(14-22)33-11-10-31-25-13-19(3)18(2)12-24(25)28-27(23)31/h4-9,12-15H,10-11,16H2,1-3H3. The van der Waals surface area contributed by atoms with Gasteiger partial charge in [-0.15, -0.1) is 5.10 Å². The van der Waals surface area contributed by atoms with Crippen LogP contribution in [0.2, 0.25) is 0 Å². The van der Waals surface area contributed by atoms with E-state index in [1.54, 1.807) is 4.68 Å². The third-order valence-corrected chi connectivity index (χ3v) is 6.36. The second kappa shape index (κ2) is 8.02. The maximum Gasteiger partial charge on any atom is 0.145 e. The minimum atomic E-state index is 0.321. The fourth-order valence-electron chi connectivity index (χ4n) is 4.30. The van der Waals surface area contributed by atoms with Gasteiger partial charge in [0.05, 0.1) is 35.0 Å². The van der Waals surface area contributed by atoms with E-state index in [1.165, 1.54) is 16.7 Å². The van der Waals surface area contributed by atoms with E-state index in [9.17, 15) is 0 Å². The number of aromatic nitrogens is 5. The monoisotopic (exact) mass is 451 g/mol. The van der Waals surface area contributed by atoms with Gasteiger partial charge in [-0.2, -0.15) is 0 Å². The van der Waals surface area contributed by atoms with Gasteiger partial charge in [0.1, 0.15) is 36.2 Å². The van der Waals surface area contributed by atoms with E-state index in [4.69, 9.17) is 14.5 Å². The Labute approximate surface area is 197 Å². The molecule has 0 fully saturated rings. The zero-order chi connectivity index (χ0) is 23.2. The zero-order valence-corrected chi connectivity index (χ0v) is 19.4. The summed E-state index contributed by atoms with van der Waals surface area (Å²) >= 11 is 0. The summed E-state index contributed by atoms with van der Waals surface area (Å²) in [5.41, 5.74) is 8.58. The van der Waals surface area contributed by atoms with E-state index in [0.717, 1.165) is 51.8 Å². The number of hydrogen-bond donors (Lipinski definition) is 0. The molecule has 0 saturated carbocycles. The molecule has 0 spiro atoms. The molecule has 34 heavy (non-hydrogen) atoms. The first-order valence-electron chi connectivity index (χ1n) is 11.4. The molecule has 5 aromatic rings. The Bertz CT molecular complexity index is 1510. The summed E-state index contributed by atoms with van der Waals surface area (Å²) < 4.78 is 16.1. The summed E-state index contributed by atoms with van der Waals surface area (Å²) in [5, 5.41) is 8.46. The maximum absolute atomic E-state index is 6.08. The molecule has 1 aliphatic rings. The Morgan fingerprint density at radius 3 is 2.65 bits per heavy atom. The van der Waals surface area contributed by atoms with Gasteiger partial charge in [-0.3, -0.25) is 0 Å². The molecule has 0 atom stereocenters. The Balaban J connectivity index is 1.25. The molecule has 0 aliphatic carbocycles. The minimum Gasteiger partial charge on any atom is -0.491 e. The van der Waals surface area contributed by atoms with Crippen molar-refractivity contribution in [2.24, 2.45) is 0 Å². The van der Waals surface area contributed by atoms with Crippen molar-refractivity contribution in [2.75, 3.05) is 6.61 Å². The Hall–Kier alpha value is -4.13. The van der Waals surface area contributed by atoms with E-state index in [0.29, 0.717) is 13.2 Å². The molecule has 0 bridgehead atoms. The first-order chi connectivity index (χ1) is 16.5. The van der Waals surface area contributed by atoms with E-state index >= 15 is 0 Å². The zero-order valence-electron chi connectivity index (χ0n) is 19.4. The van der Waals surface area contributed by atoms with E-state index in [2.05, 4.69) is 59.9 Å². The molecule has 170 valence electrons. The van der Waals surface area contributed by atoms with Gasteiger partial charge in [0, 0.05) is 6.07 Å². The van der Waals surface area contributed by atoms with Crippen LogP contribution in [0.15, 0.2) is 60.8 Å². The number of benzene rings is 3. The van der Waals surface area contributed by atoms with E-state index in [-0.39, 0.29) is 0 Å². The quantitative estimate of drug-likeness (QED) is 0.377. The molecule has 0 radical (unpaired) electrons. The molecule has 0 N–H and O–H groups in total. The molecule has 3 aromatic carbocycles. The van der Waals surface area contributed by atoms with Gasteiger partial charge in [0.2, 0.25) is 0 Å². The number of fused-ring (bicyclic) bond motifs is 5. The highest BCUT2D eigenvalue weighted by molar-refractivity contribution is 5.83. The van der Waals surface area contributed by atoms with E-state index in [1.807, 2.05) is 36.5 Å². The van der Waals surface area contributed by atoms with Crippen LogP contribution in [0, 0.1) is 20.8 Å². The van der Waals surface area contributed by atoms with Crippen LogP contribution < -0.4 is 9.47 Å². The molecule has 0 saturated heterocycles. The highest BCUT2D eigenvalue weighted by Gasteiger charge is 2.21. The van der Waals surface area contributed by atoms with Gasteiger partial charge in [-0.1, -0.05) is 22.9 Å². The van der Waals surface area contributed by atoms with Crippen LogP contribution >= 0.6 is 0 Å². The topological polar surface area (TPSA) is 67.0 Å². The summed E-state index contributed by atoms with van der Waals surface area (Å²) in [4.78, 5) is 4.94. The van der Waals surface area contributed by atoms with Crippen LogP contribution in [0.4, 0.5) is 0 Å². The predicted octanol–water partition coefficient (Wildman–Crippen LogP) is 5.18. The van der Waals surface area contributed by atoms with Crippen molar-refractivity contribution in [1.82, 2.24) is 24.5 Å². The van der Waals surface area contributed by atoms with Gasteiger partial charge in [0.15, 0.2) is 0 Å². The van der Waals surface area contributed by atoms with Gasteiger partial charge in [-0.05, 0) is 68.3 Å². The third-order valence-electron chi connectivity index (χ3n) is 6.36. The molecule has 3 heterocycles. The smallest absolute Gasteiger partial charge is 0.145 e. The average molecular weight is 452 g/mol. The lowest BCUT2D eigenvalue weighted by Gasteiger charge is -2.09. The first kappa shape index (κ1) is 20.5. The van der Waals surface area contributed by atoms with Crippen molar-refractivity contribution in [3.05, 3.63) is 83.2 Å². The number of hydrogen-bond acceptors (Lipinski definition) is 5. The van der Waals surface area contributed by atoms with Crippen molar-refractivity contribution in [1.29, 1.82) is 0 Å². The van der Waals surface area contributed by atoms with Gasteiger partial charge in [-0.25, -0.2) is 9.67 Å². The van der Waals surface area contributed by atoms with Crippen LogP contribution in [0.1, 0.15) is 22.4 Å². The molecule has 2 aromatic heterocycles.